The van der Waals surface area contributed by atoms with Gasteiger partial charge < -0.3 is 9.84 Å². The summed E-state index contributed by atoms with van der Waals surface area (Å²) in [6.45, 7) is 0.0212. The lowest BCUT2D eigenvalue weighted by molar-refractivity contribution is 0.0443. The molecule has 11 heavy (non-hydrogen) atoms. The molecule has 1 N–H and O–H groups in total. The molecule has 1 aliphatic carbocycles. The van der Waals surface area contributed by atoms with Gasteiger partial charge in [-0.05, 0) is 6.42 Å². The summed E-state index contributed by atoms with van der Waals surface area (Å²) in [6.07, 6.45) is 2.46. The molecule has 0 saturated heterocycles. The van der Waals surface area contributed by atoms with E-state index in [9.17, 15) is 4.39 Å². The Morgan fingerprint density at radius 2 is 2.36 bits per heavy atom. The Bertz CT molecular complexity index is 147. The topological polar surface area (TPSA) is 29.5 Å². The van der Waals surface area contributed by atoms with Gasteiger partial charge in [-0.25, -0.2) is 4.39 Å². The van der Waals surface area contributed by atoms with Gasteiger partial charge in [-0.1, -0.05) is 12.2 Å². The van der Waals surface area contributed by atoms with Crippen LogP contribution in [0.25, 0.3) is 0 Å². The van der Waals surface area contributed by atoms with Crippen molar-refractivity contribution in [2.24, 2.45) is 5.92 Å². The first-order valence-corrected chi connectivity index (χ1v) is 3.74. The number of rotatable bonds is 2. The highest BCUT2D eigenvalue weighted by Crippen LogP contribution is 2.21. The fourth-order valence-electron chi connectivity index (χ4n) is 1.25. The molecule has 0 aromatic carbocycles. The van der Waals surface area contributed by atoms with Crippen molar-refractivity contribution >= 4 is 0 Å². The highest BCUT2D eigenvalue weighted by Gasteiger charge is 2.25. The molecular weight excluding hydrogens is 147 g/mol. The van der Waals surface area contributed by atoms with E-state index in [1.54, 1.807) is 6.08 Å². The van der Waals surface area contributed by atoms with Gasteiger partial charge in [-0.15, -0.1) is 0 Å². The molecular formula is C8H13FO2. The number of halogens is 1. The largest absolute Gasteiger partial charge is 0.396 e. The summed E-state index contributed by atoms with van der Waals surface area (Å²) in [5.74, 6) is -0.0311. The van der Waals surface area contributed by atoms with E-state index in [-0.39, 0.29) is 12.5 Å². The molecule has 64 valence electrons. The van der Waals surface area contributed by atoms with Crippen LogP contribution in [0.1, 0.15) is 6.42 Å². The first-order chi connectivity index (χ1) is 5.27. The predicted octanol–water partition coefficient (Wildman–Crippen LogP) is 0.908. The minimum Gasteiger partial charge on any atom is -0.396 e. The first kappa shape index (κ1) is 8.68. The smallest absolute Gasteiger partial charge is 0.130 e. The molecule has 0 aromatic heterocycles. The van der Waals surface area contributed by atoms with E-state index in [0.29, 0.717) is 6.42 Å². The molecule has 3 atom stereocenters. The number of aliphatic hydroxyl groups is 1. The summed E-state index contributed by atoms with van der Waals surface area (Å²) in [7, 11) is 1.49. The third kappa shape index (κ3) is 2.01. The lowest BCUT2D eigenvalue weighted by atomic mass is 9.93. The molecule has 0 spiro atoms. The van der Waals surface area contributed by atoms with Gasteiger partial charge >= 0.3 is 0 Å². The van der Waals surface area contributed by atoms with Gasteiger partial charge in [0.1, 0.15) is 12.3 Å². The molecule has 0 bridgehead atoms. The molecule has 0 aromatic rings. The van der Waals surface area contributed by atoms with Crippen LogP contribution in [0.5, 0.6) is 0 Å². The highest BCUT2D eigenvalue weighted by atomic mass is 19.1. The van der Waals surface area contributed by atoms with Crippen molar-refractivity contribution in [3.05, 3.63) is 12.2 Å². The van der Waals surface area contributed by atoms with E-state index < -0.39 is 12.3 Å². The Kier molecular flexibility index (Phi) is 3.02. The molecule has 0 amide bonds. The van der Waals surface area contributed by atoms with E-state index in [0.717, 1.165) is 0 Å². The van der Waals surface area contributed by atoms with Crippen molar-refractivity contribution in [2.45, 2.75) is 18.7 Å². The van der Waals surface area contributed by atoms with Crippen LogP contribution in [-0.4, -0.2) is 31.1 Å². The molecule has 3 unspecified atom stereocenters. The van der Waals surface area contributed by atoms with Crippen molar-refractivity contribution in [3.63, 3.8) is 0 Å². The van der Waals surface area contributed by atoms with Crippen LogP contribution >= 0.6 is 0 Å². The van der Waals surface area contributed by atoms with Gasteiger partial charge in [0.05, 0.1) is 0 Å². The van der Waals surface area contributed by atoms with Crippen LogP contribution < -0.4 is 0 Å². The van der Waals surface area contributed by atoms with E-state index in [2.05, 4.69) is 0 Å². The van der Waals surface area contributed by atoms with Gasteiger partial charge in [0.2, 0.25) is 0 Å². The van der Waals surface area contributed by atoms with E-state index >= 15 is 0 Å². The number of hydrogen-bond donors (Lipinski definition) is 1. The summed E-state index contributed by atoms with van der Waals surface area (Å²) in [5, 5.41) is 8.71. The molecule has 0 aliphatic heterocycles. The Morgan fingerprint density at radius 3 is 2.82 bits per heavy atom. The number of methoxy groups -OCH3 is 1. The molecule has 3 heteroatoms. The van der Waals surface area contributed by atoms with Gasteiger partial charge in [0.15, 0.2) is 0 Å². The highest BCUT2D eigenvalue weighted by molar-refractivity contribution is 5.03. The molecule has 1 aliphatic rings. The van der Waals surface area contributed by atoms with Crippen LogP contribution in [0.15, 0.2) is 12.2 Å². The Balaban J connectivity index is 2.51. The maximum atomic E-state index is 13.0. The van der Waals surface area contributed by atoms with E-state index in [1.165, 1.54) is 7.11 Å². The van der Waals surface area contributed by atoms with Gasteiger partial charge in [0.25, 0.3) is 0 Å². The standard InChI is InChI=1S/C8H13FO2/c1-11-8-3-2-6(5-10)4-7(8)9/h2-3,6-8,10H,4-5H2,1H3. The third-order valence-corrected chi connectivity index (χ3v) is 1.96. The van der Waals surface area contributed by atoms with Crippen LogP contribution in [0.2, 0.25) is 0 Å². The van der Waals surface area contributed by atoms with Crippen molar-refractivity contribution in [2.75, 3.05) is 13.7 Å². The zero-order valence-electron chi connectivity index (χ0n) is 6.53. The SMILES string of the molecule is COC1C=CC(CO)CC1F. The third-order valence-electron chi connectivity index (χ3n) is 1.96. The molecule has 0 radical (unpaired) electrons. The average Bonchev–Trinajstić information content (AvgIpc) is 2.04. The minimum absolute atomic E-state index is 0.0212. The summed E-state index contributed by atoms with van der Waals surface area (Å²) >= 11 is 0. The quantitative estimate of drug-likeness (QED) is 0.608. The predicted molar refractivity (Wildman–Crippen MR) is 40.0 cm³/mol. The molecule has 0 fully saturated rings. The van der Waals surface area contributed by atoms with Crippen LogP contribution in [0.3, 0.4) is 0 Å². The number of ether oxygens (including phenoxy) is 1. The number of hydrogen-bond acceptors (Lipinski definition) is 2. The zero-order valence-corrected chi connectivity index (χ0v) is 6.53. The normalized spacial score (nSPS) is 37.5. The van der Waals surface area contributed by atoms with Crippen LogP contribution in [0.4, 0.5) is 4.39 Å². The average molecular weight is 160 g/mol. The summed E-state index contributed by atoms with van der Waals surface area (Å²) < 4.78 is 17.9. The van der Waals surface area contributed by atoms with Crippen molar-refractivity contribution in [1.29, 1.82) is 0 Å². The van der Waals surface area contributed by atoms with Crippen molar-refractivity contribution < 1.29 is 14.2 Å². The zero-order chi connectivity index (χ0) is 8.27. The maximum Gasteiger partial charge on any atom is 0.130 e. The summed E-state index contributed by atoms with van der Waals surface area (Å²) in [6, 6.07) is 0. The number of aliphatic hydroxyl groups excluding tert-OH is 1. The second kappa shape index (κ2) is 3.83. The lowest BCUT2D eigenvalue weighted by Crippen LogP contribution is -2.29. The summed E-state index contributed by atoms with van der Waals surface area (Å²) in [4.78, 5) is 0. The molecule has 0 heterocycles. The molecule has 2 nitrogen and oxygen atoms in total. The fraction of sp³-hybridized carbons (Fsp3) is 0.750. The van der Waals surface area contributed by atoms with Gasteiger partial charge in [-0.3, -0.25) is 0 Å². The minimum atomic E-state index is -0.970. The fourth-order valence-corrected chi connectivity index (χ4v) is 1.25. The Morgan fingerprint density at radius 1 is 1.64 bits per heavy atom. The first-order valence-electron chi connectivity index (χ1n) is 3.74. The second-order valence-corrected chi connectivity index (χ2v) is 2.78. The molecule has 1 rings (SSSR count). The maximum absolute atomic E-state index is 13.0. The summed E-state index contributed by atoms with van der Waals surface area (Å²) in [5.41, 5.74) is 0. The van der Waals surface area contributed by atoms with Crippen LogP contribution in [0, 0.1) is 5.92 Å². The van der Waals surface area contributed by atoms with Gasteiger partial charge in [0, 0.05) is 19.6 Å². The van der Waals surface area contributed by atoms with Crippen molar-refractivity contribution in [1.82, 2.24) is 0 Å². The van der Waals surface area contributed by atoms with Gasteiger partial charge in [-0.2, -0.15) is 0 Å². The van der Waals surface area contributed by atoms with E-state index in [1.807, 2.05) is 6.08 Å². The van der Waals surface area contributed by atoms with E-state index in [4.69, 9.17) is 9.84 Å². The lowest BCUT2D eigenvalue weighted by Gasteiger charge is -2.24. The van der Waals surface area contributed by atoms with Crippen LogP contribution in [-0.2, 0) is 4.74 Å². The number of alkyl halides is 1. The Labute approximate surface area is 65.7 Å². The van der Waals surface area contributed by atoms with Crippen molar-refractivity contribution in [3.8, 4) is 0 Å². The molecule has 0 saturated carbocycles. The monoisotopic (exact) mass is 160 g/mol. The second-order valence-electron chi connectivity index (χ2n) is 2.78. The Hall–Kier alpha value is -0.410.